The largest absolute Gasteiger partial charge is 0.283 e. The van der Waals surface area contributed by atoms with Crippen molar-refractivity contribution < 1.29 is 12.8 Å². The van der Waals surface area contributed by atoms with Gasteiger partial charge in [-0.25, -0.2) is 12.8 Å². The van der Waals surface area contributed by atoms with Crippen LogP contribution in [0.15, 0.2) is 18.2 Å². The minimum absolute atomic E-state index is 0.0895. The van der Waals surface area contributed by atoms with Gasteiger partial charge >= 0.3 is 0 Å². The molecule has 0 amide bonds. The van der Waals surface area contributed by atoms with Crippen molar-refractivity contribution in [1.29, 1.82) is 5.26 Å². The second kappa shape index (κ2) is 6.23. The summed E-state index contributed by atoms with van der Waals surface area (Å²) in [6, 6.07) is 5.33. The Balaban J connectivity index is 2.06. The summed E-state index contributed by atoms with van der Waals surface area (Å²) in [5.41, 5.74) is 0.0709. The molecule has 0 saturated heterocycles. The molecule has 1 aromatic rings. The average molecular weight is 296 g/mol. The molecule has 0 heterocycles. The average Bonchev–Trinajstić information content (AvgIpc) is 2.41. The molecule has 0 bridgehead atoms. The molecule has 1 aromatic carbocycles. The summed E-state index contributed by atoms with van der Waals surface area (Å²) in [5.74, 6) is -0.369. The van der Waals surface area contributed by atoms with Gasteiger partial charge in [0, 0.05) is 5.69 Å². The highest BCUT2D eigenvalue weighted by atomic mass is 32.2. The quantitative estimate of drug-likeness (QED) is 0.928. The molecule has 20 heavy (non-hydrogen) atoms. The highest BCUT2D eigenvalue weighted by Gasteiger charge is 2.21. The van der Waals surface area contributed by atoms with Crippen molar-refractivity contribution in [3.63, 3.8) is 0 Å². The number of benzene rings is 1. The Hall–Kier alpha value is -1.61. The number of nitriles is 1. The minimum Gasteiger partial charge on any atom is -0.283 e. The minimum atomic E-state index is -3.45. The summed E-state index contributed by atoms with van der Waals surface area (Å²) in [4.78, 5) is 0. The molecule has 6 heteroatoms. The van der Waals surface area contributed by atoms with Crippen LogP contribution in [0, 0.1) is 23.1 Å². The van der Waals surface area contributed by atoms with Gasteiger partial charge in [-0.05, 0) is 37.0 Å². The van der Waals surface area contributed by atoms with Crippen molar-refractivity contribution in [3.05, 3.63) is 29.6 Å². The Morgan fingerprint density at radius 2 is 2.00 bits per heavy atom. The fourth-order valence-corrected chi connectivity index (χ4v) is 4.08. The standard InChI is InChI=1S/C14H17FN2O2S/c15-14-7-6-13(8-12(14)9-16)17-20(18,19)10-11-4-2-1-3-5-11/h6-8,11,17H,1-5,10H2. The molecule has 108 valence electrons. The molecule has 0 aliphatic heterocycles. The van der Waals surface area contributed by atoms with Crippen LogP contribution in [0.3, 0.4) is 0 Å². The van der Waals surface area contributed by atoms with Crippen LogP contribution >= 0.6 is 0 Å². The number of hydrogen-bond acceptors (Lipinski definition) is 3. The predicted octanol–water partition coefficient (Wildman–Crippen LogP) is 3.02. The lowest BCUT2D eigenvalue weighted by molar-refractivity contribution is 0.385. The Bertz CT molecular complexity index is 617. The van der Waals surface area contributed by atoms with Crippen LogP contribution in [0.2, 0.25) is 0 Å². The fraction of sp³-hybridized carbons (Fsp3) is 0.500. The van der Waals surface area contributed by atoms with Gasteiger partial charge < -0.3 is 0 Å². The van der Waals surface area contributed by atoms with E-state index in [-0.39, 0.29) is 22.9 Å². The Morgan fingerprint density at radius 1 is 1.30 bits per heavy atom. The second-order valence-electron chi connectivity index (χ2n) is 5.19. The number of halogens is 1. The van der Waals surface area contributed by atoms with Gasteiger partial charge in [0.05, 0.1) is 11.3 Å². The third-order valence-electron chi connectivity index (χ3n) is 3.54. The van der Waals surface area contributed by atoms with Gasteiger partial charge in [0.1, 0.15) is 11.9 Å². The van der Waals surface area contributed by atoms with Gasteiger partial charge in [0.15, 0.2) is 0 Å². The first-order chi connectivity index (χ1) is 9.50. The van der Waals surface area contributed by atoms with E-state index in [0.29, 0.717) is 0 Å². The van der Waals surface area contributed by atoms with Gasteiger partial charge in [-0.3, -0.25) is 4.72 Å². The molecular formula is C14H17FN2O2S. The van der Waals surface area contributed by atoms with E-state index in [1.807, 2.05) is 0 Å². The molecule has 0 spiro atoms. The third-order valence-corrected chi connectivity index (χ3v) is 5.00. The van der Waals surface area contributed by atoms with Gasteiger partial charge in [-0.15, -0.1) is 0 Å². The number of sulfonamides is 1. The molecule has 1 N–H and O–H groups in total. The smallest absolute Gasteiger partial charge is 0.232 e. The van der Waals surface area contributed by atoms with E-state index < -0.39 is 15.8 Å². The Morgan fingerprint density at radius 3 is 2.65 bits per heavy atom. The topological polar surface area (TPSA) is 70.0 Å². The summed E-state index contributed by atoms with van der Waals surface area (Å²) < 4.78 is 39.7. The van der Waals surface area contributed by atoms with Crippen molar-refractivity contribution >= 4 is 15.7 Å². The van der Waals surface area contributed by atoms with E-state index in [4.69, 9.17) is 5.26 Å². The van der Waals surface area contributed by atoms with Gasteiger partial charge in [-0.1, -0.05) is 19.3 Å². The lowest BCUT2D eigenvalue weighted by atomic mass is 9.91. The lowest BCUT2D eigenvalue weighted by Gasteiger charge is -2.21. The van der Waals surface area contributed by atoms with E-state index in [1.165, 1.54) is 18.6 Å². The SMILES string of the molecule is N#Cc1cc(NS(=O)(=O)CC2CCCCC2)ccc1F. The monoisotopic (exact) mass is 296 g/mol. The van der Waals surface area contributed by atoms with Crippen molar-refractivity contribution in [2.45, 2.75) is 32.1 Å². The zero-order valence-corrected chi connectivity index (χ0v) is 11.9. The molecule has 1 saturated carbocycles. The maximum Gasteiger partial charge on any atom is 0.232 e. The van der Waals surface area contributed by atoms with Crippen molar-refractivity contribution in [3.8, 4) is 6.07 Å². The molecule has 1 aliphatic carbocycles. The lowest BCUT2D eigenvalue weighted by Crippen LogP contribution is -2.24. The first kappa shape index (κ1) is 14.8. The van der Waals surface area contributed by atoms with E-state index in [0.717, 1.165) is 31.7 Å². The second-order valence-corrected chi connectivity index (χ2v) is 6.96. The van der Waals surface area contributed by atoms with Crippen LogP contribution in [0.25, 0.3) is 0 Å². The maximum absolute atomic E-state index is 13.2. The number of rotatable bonds is 4. The van der Waals surface area contributed by atoms with Crippen LogP contribution in [0.5, 0.6) is 0 Å². The molecule has 1 aliphatic rings. The van der Waals surface area contributed by atoms with Crippen LogP contribution in [0.4, 0.5) is 10.1 Å². The molecule has 0 aromatic heterocycles. The summed E-state index contributed by atoms with van der Waals surface area (Å²) in [6.45, 7) is 0. The first-order valence-electron chi connectivity index (χ1n) is 6.70. The first-order valence-corrected chi connectivity index (χ1v) is 8.35. The van der Waals surface area contributed by atoms with Gasteiger partial charge in [-0.2, -0.15) is 5.26 Å². The van der Waals surface area contributed by atoms with Gasteiger partial charge in [0.2, 0.25) is 10.0 Å². The Labute approximate surface area is 118 Å². The van der Waals surface area contributed by atoms with Crippen LogP contribution < -0.4 is 4.72 Å². The zero-order chi connectivity index (χ0) is 14.6. The molecular weight excluding hydrogens is 279 g/mol. The van der Waals surface area contributed by atoms with Crippen LogP contribution in [0.1, 0.15) is 37.7 Å². The van der Waals surface area contributed by atoms with Crippen LogP contribution in [-0.4, -0.2) is 14.2 Å². The Kier molecular flexibility index (Phi) is 4.61. The van der Waals surface area contributed by atoms with E-state index in [2.05, 4.69) is 4.72 Å². The molecule has 4 nitrogen and oxygen atoms in total. The van der Waals surface area contributed by atoms with E-state index in [9.17, 15) is 12.8 Å². The summed E-state index contributed by atoms with van der Waals surface area (Å²) in [7, 11) is -3.45. The van der Waals surface area contributed by atoms with Crippen molar-refractivity contribution in [2.24, 2.45) is 5.92 Å². The normalized spacial score (nSPS) is 16.6. The fourth-order valence-electron chi connectivity index (χ4n) is 2.56. The van der Waals surface area contributed by atoms with E-state index >= 15 is 0 Å². The molecule has 0 radical (unpaired) electrons. The number of hydrogen-bond donors (Lipinski definition) is 1. The van der Waals surface area contributed by atoms with Crippen LogP contribution in [-0.2, 0) is 10.0 Å². The third kappa shape index (κ3) is 3.94. The summed E-state index contributed by atoms with van der Waals surface area (Å²) in [6.07, 6.45) is 5.21. The van der Waals surface area contributed by atoms with Gasteiger partial charge in [0.25, 0.3) is 0 Å². The number of anilines is 1. The zero-order valence-electron chi connectivity index (χ0n) is 11.1. The van der Waals surface area contributed by atoms with Crippen molar-refractivity contribution in [2.75, 3.05) is 10.5 Å². The predicted molar refractivity (Wildman–Crippen MR) is 75.1 cm³/mol. The maximum atomic E-state index is 13.2. The number of nitrogens with one attached hydrogen (secondary N) is 1. The van der Waals surface area contributed by atoms with Crippen molar-refractivity contribution in [1.82, 2.24) is 0 Å². The molecule has 1 fully saturated rings. The molecule has 2 rings (SSSR count). The molecule has 0 atom stereocenters. The van der Waals surface area contributed by atoms with E-state index in [1.54, 1.807) is 6.07 Å². The molecule has 0 unspecified atom stereocenters. The number of nitrogens with zero attached hydrogens (tertiary/aromatic N) is 1. The highest BCUT2D eigenvalue weighted by Crippen LogP contribution is 2.25. The highest BCUT2D eigenvalue weighted by molar-refractivity contribution is 7.92. The summed E-state index contributed by atoms with van der Waals surface area (Å²) in [5, 5.41) is 8.74. The summed E-state index contributed by atoms with van der Waals surface area (Å²) >= 11 is 0.